The van der Waals surface area contributed by atoms with Gasteiger partial charge in [0.25, 0.3) is 0 Å². The van der Waals surface area contributed by atoms with Crippen LogP contribution in [0.5, 0.6) is 0 Å². The third kappa shape index (κ3) is 6.88. The molecule has 0 rings (SSSR count). The fourth-order valence-electron chi connectivity index (χ4n) is 0.844. The fraction of sp³-hybridized carbons (Fsp3) is 0.800. The summed E-state index contributed by atoms with van der Waals surface area (Å²) >= 11 is 0. The third-order valence-corrected chi connectivity index (χ3v) is 2.02. The number of nitrogens with zero attached hydrogens (tertiary/aromatic N) is 1. The average Bonchev–Trinajstić information content (AvgIpc) is 2.12. The fourth-order valence-corrected chi connectivity index (χ4v) is 0.844. The van der Waals surface area contributed by atoms with E-state index in [1.165, 1.54) is 6.20 Å². The highest BCUT2D eigenvalue weighted by Gasteiger charge is 2.06. The zero-order valence-corrected chi connectivity index (χ0v) is 9.23. The van der Waals surface area contributed by atoms with Gasteiger partial charge in [0.05, 0.1) is 6.10 Å². The number of unbranched alkanes of at least 4 members (excludes halogenated alkanes) is 2. The molecule has 0 aromatic rings. The first kappa shape index (κ1) is 13.4. The van der Waals surface area contributed by atoms with Gasteiger partial charge >= 0.3 is 0 Å². The summed E-state index contributed by atoms with van der Waals surface area (Å²) in [6.45, 7) is 5.51. The summed E-state index contributed by atoms with van der Waals surface area (Å²) in [5.41, 5.74) is 2.60. The van der Waals surface area contributed by atoms with Gasteiger partial charge in [-0.15, -0.1) is 0 Å². The van der Waals surface area contributed by atoms with Crippen LogP contribution < -0.4 is 5.43 Å². The van der Waals surface area contributed by atoms with Crippen molar-refractivity contribution in [1.82, 2.24) is 10.6 Å². The maximum atomic E-state index is 11.1. The maximum absolute atomic E-state index is 11.1. The van der Waals surface area contributed by atoms with E-state index in [-0.39, 0.29) is 6.04 Å². The second kappa shape index (κ2) is 7.79. The summed E-state index contributed by atoms with van der Waals surface area (Å²) in [4.78, 5) is 0. The van der Waals surface area contributed by atoms with Crippen LogP contribution in [0.2, 0.25) is 0 Å². The van der Waals surface area contributed by atoms with E-state index in [2.05, 4.69) is 12.3 Å². The van der Waals surface area contributed by atoms with Gasteiger partial charge in [0.1, 0.15) is 0 Å². The van der Waals surface area contributed by atoms with Crippen molar-refractivity contribution in [1.29, 1.82) is 0 Å². The molecule has 84 valence electrons. The van der Waals surface area contributed by atoms with E-state index in [1.807, 2.05) is 6.08 Å². The highest BCUT2D eigenvalue weighted by atomic mass is 16.5. The second-order valence-corrected chi connectivity index (χ2v) is 3.51. The van der Waals surface area contributed by atoms with E-state index in [0.717, 1.165) is 19.3 Å². The topological polar surface area (TPSA) is 58.6 Å². The molecular formula is C10H21N2O2-. The lowest BCUT2D eigenvalue weighted by Gasteiger charge is -2.31. The lowest BCUT2D eigenvalue weighted by atomic mass is 10.2. The van der Waals surface area contributed by atoms with Crippen LogP contribution in [0.1, 0.15) is 40.0 Å². The van der Waals surface area contributed by atoms with E-state index >= 15 is 0 Å². The van der Waals surface area contributed by atoms with Crippen LogP contribution in [0, 0.1) is 5.21 Å². The van der Waals surface area contributed by atoms with E-state index in [1.54, 1.807) is 13.8 Å². The molecule has 0 fully saturated rings. The minimum absolute atomic E-state index is 0.233. The van der Waals surface area contributed by atoms with Gasteiger partial charge in [-0.05, 0) is 26.5 Å². The number of aliphatic hydroxyl groups is 1. The molecule has 0 unspecified atom stereocenters. The molecule has 4 heteroatoms. The zero-order chi connectivity index (χ0) is 11.0. The predicted octanol–water partition coefficient (Wildman–Crippen LogP) is 1.76. The number of allylic oxidation sites excluding steroid dienone is 1. The Bertz CT molecular complexity index is 160. The Hall–Kier alpha value is -0.580. The number of hydrogen-bond donors (Lipinski definition) is 2. The van der Waals surface area contributed by atoms with Gasteiger partial charge in [0.2, 0.25) is 0 Å². The Balaban J connectivity index is 3.63. The van der Waals surface area contributed by atoms with Crippen molar-refractivity contribution in [2.75, 3.05) is 0 Å². The van der Waals surface area contributed by atoms with Gasteiger partial charge in [0.15, 0.2) is 0 Å². The van der Waals surface area contributed by atoms with E-state index in [9.17, 15) is 5.21 Å². The molecule has 0 heterocycles. The molecule has 0 saturated carbocycles. The Morgan fingerprint density at radius 1 is 1.50 bits per heavy atom. The van der Waals surface area contributed by atoms with Crippen molar-refractivity contribution in [2.45, 2.75) is 52.2 Å². The normalized spacial score (nSPS) is 15.8. The molecular weight excluding hydrogens is 180 g/mol. The van der Waals surface area contributed by atoms with Crippen molar-refractivity contribution in [2.24, 2.45) is 0 Å². The standard InChI is InChI=1S/C10H21N2O2/c1-4-5-6-7-8-12(14)11-9(2)10(3)13/h7-11,13H,4-6H2,1-3H3/q-1/b8-7+/t9-,10-/m1/s1. The van der Waals surface area contributed by atoms with E-state index in [0.29, 0.717) is 5.17 Å². The van der Waals surface area contributed by atoms with Gasteiger partial charge in [-0.25, -0.2) is 5.43 Å². The first-order chi connectivity index (χ1) is 6.57. The molecule has 0 radical (unpaired) electrons. The highest BCUT2D eigenvalue weighted by molar-refractivity contribution is 4.82. The predicted molar refractivity (Wildman–Crippen MR) is 58.1 cm³/mol. The Morgan fingerprint density at radius 2 is 2.14 bits per heavy atom. The van der Waals surface area contributed by atoms with E-state index in [4.69, 9.17) is 5.11 Å². The van der Waals surface area contributed by atoms with Gasteiger partial charge in [-0.2, -0.15) is 0 Å². The van der Waals surface area contributed by atoms with Crippen LogP contribution in [-0.4, -0.2) is 22.4 Å². The minimum atomic E-state index is -0.532. The molecule has 0 bridgehead atoms. The first-order valence-electron chi connectivity index (χ1n) is 5.15. The lowest BCUT2D eigenvalue weighted by Crippen LogP contribution is -2.42. The number of hydrazine groups is 1. The molecule has 0 aromatic heterocycles. The van der Waals surface area contributed by atoms with Gasteiger partial charge in [0, 0.05) is 6.04 Å². The van der Waals surface area contributed by atoms with Crippen LogP contribution >= 0.6 is 0 Å². The smallest absolute Gasteiger partial charge is 0.0680 e. The molecule has 4 nitrogen and oxygen atoms in total. The van der Waals surface area contributed by atoms with Crippen molar-refractivity contribution in [3.8, 4) is 0 Å². The third-order valence-electron chi connectivity index (χ3n) is 2.02. The van der Waals surface area contributed by atoms with Crippen molar-refractivity contribution in [3.63, 3.8) is 0 Å². The molecule has 2 atom stereocenters. The summed E-state index contributed by atoms with van der Waals surface area (Å²) in [5, 5.41) is 20.9. The number of aliphatic hydroxyl groups excluding tert-OH is 1. The molecule has 0 aromatic carbocycles. The van der Waals surface area contributed by atoms with Crippen molar-refractivity contribution < 1.29 is 5.11 Å². The Labute approximate surface area is 86.2 Å². The number of rotatable bonds is 7. The molecule has 0 saturated heterocycles. The summed E-state index contributed by atoms with van der Waals surface area (Å²) in [7, 11) is 0. The van der Waals surface area contributed by atoms with Gasteiger partial charge in [-0.1, -0.05) is 25.8 Å². The molecule has 0 aliphatic rings. The lowest BCUT2D eigenvalue weighted by molar-refractivity contribution is 0.123. The Morgan fingerprint density at radius 3 is 2.64 bits per heavy atom. The molecule has 2 N–H and O–H groups in total. The average molecular weight is 201 g/mol. The summed E-state index contributed by atoms with van der Waals surface area (Å²) < 4.78 is 0. The van der Waals surface area contributed by atoms with Crippen LogP contribution in [0.15, 0.2) is 12.3 Å². The monoisotopic (exact) mass is 201 g/mol. The minimum Gasteiger partial charge on any atom is -0.744 e. The summed E-state index contributed by atoms with van der Waals surface area (Å²) in [6, 6.07) is -0.233. The van der Waals surface area contributed by atoms with Crippen molar-refractivity contribution >= 4 is 0 Å². The first-order valence-corrected chi connectivity index (χ1v) is 5.15. The SMILES string of the molecule is CCCC/C=C/N([O-])N[C@H](C)[C@@H](C)O. The molecule has 0 aliphatic heterocycles. The number of hydrogen-bond acceptors (Lipinski definition) is 4. The van der Waals surface area contributed by atoms with Gasteiger partial charge < -0.3 is 15.5 Å². The molecule has 0 spiro atoms. The van der Waals surface area contributed by atoms with Gasteiger partial charge in [-0.3, -0.25) is 0 Å². The molecule has 0 aliphatic carbocycles. The van der Waals surface area contributed by atoms with Crippen LogP contribution in [-0.2, 0) is 0 Å². The highest BCUT2D eigenvalue weighted by Crippen LogP contribution is 1.97. The quantitative estimate of drug-likeness (QED) is 0.487. The molecule has 14 heavy (non-hydrogen) atoms. The van der Waals surface area contributed by atoms with Crippen LogP contribution in [0.3, 0.4) is 0 Å². The Kier molecular flexibility index (Phi) is 7.47. The van der Waals surface area contributed by atoms with Crippen LogP contribution in [0.4, 0.5) is 0 Å². The number of nitrogens with one attached hydrogen (secondary N) is 1. The zero-order valence-electron chi connectivity index (χ0n) is 9.23. The number of hydroxylamine groups is 1. The second-order valence-electron chi connectivity index (χ2n) is 3.51. The summed E-state index contributed by atoms with van der Waals surface area (Å²) in [5.74, 6) is 0. The van der Waals surface area contributed by atoms with Crippen molar-refractivity contribution in [3.05, 3.63) is 17.5 Å². The summed E-state index contributed by atoms with van der Waals surface area (Å²) in [6.07, 6.45) is 5.89. The largest absolute Gasteiger partial charge is 0.744 e. The maximum Gasteiger partial charge on any atom is 0.0680 e. The van der Waals surface area contributed by atoms with E-state index < -0.39 is 6.10 Å². The molecule has 0 amide bonds. The van der Waals surface area contributed by atoms with Crippen LogP contribution in [0.25, 0.3) is 0 Å².